The molecule has 84 valence electrons. The summed E-state index contributed by atoms with van der Waals surface area (Å²) in [6.45, 7) is 6.29. The number of anilines is 1. The third-order valence-corrected chi connectivity index (χ3v) is 2.50. The number of aromatic amines is 1. The molecule has 0 aliphatic rings. The van der Waals surface area contributed by atoms with Crippen LogP contribution >= 0.6 is 0 Å². The molecule has 0 unspecified atom stereocenters. The molecule has 0 atom stereocenters. The first-order chi connectivity index (χ1) is 7.68. The zero-order valence-electron chi connectivity index (χ0n) is 9.91. The Kier molecular flexibility index (Phi) is 2.95. The lowest BCUT2D eigenvalue weighted by molar-refractivity contribution is 0.882. The van der Waals surface area contributed by atoms with Crippen LogP contribution < -0.4 is 5.32 Å². The average Bonchev–Trinajstić information content (AvgIpc) is 2.61. The predicted octanol–water partition coefficient (Wildman–Crippen LogP) is 3.21. The highest BCUT2D eigenvalue weighted by Gasteiger charge is 2.10. The molecule has 2 aromatic rings. The van der Waals surface area contributed by atoms with Crippen molar-refractivity contribution in [1.29, 1.82) is 0 Å². The van der Waals surface area contributed by atoms with Crippen LogP contribution in [0, 0.1) is 6.92 Å². The highest BCUT2D eigenvalue weighted by Crippen LogP contribution is 2.25. The topological polar surface area (TPSA) is 40.7 Å². The van der Waals surface area contributed by atoms with Crippen molar-refractivity contribution in [3.63, 3.8) is 0 Å². The van der Waals surface area contributed by atoms with Crippen molar-refractivity contribution in [3.8, 4) is 11.3 Å². The first kappa shape index (κ1) is 10.7. The fourth-order valence-electron chi connectivity index (χ4n) is 1.70. The van der Waals surface area contributed by atoms with E-state index in [4.69, 9.17) is 0 Å². The lowest BCUT2D eigenvalue weighted by Gasteiger charge is -2.07. The predicted molar refractivity (Wildman–Crippen MR) is 67.5 cm³/mol. The largest absolute Gasteiger partial charge is 0.366 e. The molecule has 0 spiro atoms. The molecule has 1 aromatic carbocycles. The van der Waals surface area contributed by atoms with Crippen LogP contribution in [0.25, 0.3) is 11.3 Å². The number of nitrogens with one attached hydrogen (secondary N) is 2. The molecule has 0 aliphatic carbocycles. The van der Waals surface area contributed by atoms with Gasteiger partial charge in [0.2, 0.25) is 0 Å². The van der Waals surface area contributed by atoms with Crippen LogP contribution in [0.5, 0.6) is 0 Å². The molecule has 0 radical (unpaired) electrons. The van der Waals surface area contributed by atoms with Gasteiger partial charge in [0.25, 0.3) is 0 Å². The summed E-state index contributed by atoms with van der Waals surface area (Å²) in [4.78, 5) is 0. The van der Waals surface area contributed by atoms with Crippen molar-refractivity contribution in [3.05, 3.63) is 35.9 Å². The van der Waals surface area contributed by atoms with E-state index in [-0.39, 0.29) is 0 Å². The molecule has 1 aromatic heterocycles. The standard InChI is InChI=1S/C13H17N3/c1-9(2)14-13-10(3)12(15-16-13)11-7-5-4-6-8-11/h4-9H,1-3H3,(H2,14,15,16). The van der Waals surface area contributed by atoms with E-state index >= 15 is 0 Å². The molecule has 2 N–H and O–H groups in total. The van der Waals surface area contributed by atoms with E-state index in [9.17, 15) is 0 Å². The summed E-state index contributed by atoms with van der Waals surface area (Å²) in [6, 6.07) is 10.6. The van der Waals surface area contributed by atoms with Gasteiger partial charge in [-0.15, -0.1) is 0 Å². The minimum absolute atomic E-state index is 0.394. The van der Waals surface area contributed by atoms with Crippen molar-refractivity contribution in [2.75, 3.05) is 5.32 Å². The van der Waals surface area contributed by atoms with Crippen LogP contribution in [0.1, 0.15) is 19.4 Å². The molecule has 0 aliphatic heterocycles. The Labute approximate surface area is 95.9 Å². The van der Waals surface area contributed by atoms with E-state index in [2.05, 4.69) is 48.4 Å². The summed E-state index contributed by atoms with van der Waals surface area (Å²) in [7, 11) is 0. The number of H-pyrrole nitrogens is 1. The molecule has 1 heterocycles. The molecule has 0 saturated heterocycles. The summed E-state index contributed by atoms with van der Waals surface area (Å²) in [5.74, 6) is 0.939. The van der Waals surface area contributed by atoms with Gasteiger partial charge in [-0.2, -0.15) is 5.10 Å². The van der Waals surface area contributed by atoms with Crippen LogP contribution in [-0.2, 0) is 0 Å². The van der Waals surface area contributed by atoms with Crippen molar-refractivity contribution in [2.24, 2.45) is 0 Å². The maximum atomic E-state index is 4.30. The van der Waals surface area contributed by atoms with Crippen LogP contribution in [0.3, 0.4) is 0 Å². The van der Waals surface area contributed by atoms with E-state index in [1.165, 1.54) is 11.1 Å². The van der Waals surface area contributed by atoms with Gasteiger partial charge >= 0.3 is 0 Å². The van der Waals surface area contributed by atoms with Crippen LogP contribution in [0.2, 0.25) is 0 Å². The second kappa shape index (κ2) is 4.39. The van der Waals surface area contributed by atoms with Gasteiger partial charge in [0.15, 0.2) is 5.82 Å². The Morgan fingerprint density at radius 3 is 2.50 bits per heavy atom. The summed E-state index contributed by atoms with van der Waals surface area (Å²) in [5.41, 5.74) is 3.42. The fraction of sp³-hybridized carbons (Fsp3) is 0.308. The van der Waals surface area contributed by atoms with E-state index in [1.807, 2.05) is 18.2 Å². The maximum absolute atomic E-state index is 4.30. The smallest absolute Gasteiger partial charge is 0.151 e. The molecule has 3 nitrogen and oxygen atoms in total. The Balaban J connectivity index is 2.34. The van der Waals surface area contributed by atoms with Gasteiger partial charge in [0.05, 0.1) is 5.69 Å². The second-order valence-corrected chi connectivity index (χ2v) is 4.24. The zero-order chi connectivity index (χ0) is 11.5. The summed E-state index contributed by atoms with van der Waals surface area (Å²) >= 11 is 0. The van der Waals surface area contributed by atoms with Crippen LogP contribution in [0.4, 0.5) is 5.82 Å². The van der Waals surface area contributed by atoms with Gasteiger partial charge in [-0.05, 0) is 26.3 Å². The summed E-state index contributed by atoms with van der Waals surface area (Å²) in [6.07, 6.45) is 0. The van der Waals surface area contributed by atoms with Gasteiger partial charge in [0.1, 0.15) is 0 Å². The highest BCUT2D eigenvalue weighted by atomic mass is 15.2. The number of hydrogen-bond donors (Lipinski definition) is 2. The van der Waals surface area contributed by atoms with Crippen LogP contribution in [0.15, 0.2) is 30.3 Å². The molecule has 3 heteroatoms. The number of hydrogen-bond acceptors (Lipinski definition) is 2. The first-order valence-corrected chi connectivity index (χ1v) is 5.55. The molecule has 0 fully saturated rings. The van der Waals surface area contributed by atoms with Crippen molar-refractivity contribution in [2.45, 2.75) is 26.8 Å². The van der Waals surface area contributed by atoms with E-state index < -0.39 is 0 Å². The Morgan fingerprint density at radius 1 is 1.19 bits per heavy atom. The van der Waals surface area contributed by atoms with Gasteiger partial charge in [-0.25, -0.2) is 0 Å². The van der Waals surface area contributed by atoms with Gasteiger partial charge < -0.3 is 5.32 Å². The van der Waals surface area contributed by atoms with Crippen molar-refractivity contribution < 1.29 is 0 Å². The number of nitrogens with zero attached hydrogens (tertiary/aromatic N) is 1. The third-order valence-electron chi connectivity index (χ3n) is 2.50. The molecule has 16 heavy (non-hydrogen) atoms. The van der Waals surface area contributed by atoms with Crippen molar-refractivity contribution >= 4 is 5.82 Å². The minimum Gasteiger partial charge on any atom is -0.366 e. The molecule has 0 bridgehead atoms. The Morgan fingerprint density at radius 2 is 1.88 bits per heavy atom. The fourth-order valence-corrected chi connectivity index (χ4v) is 1.70. The average molecular weight is 215 g/mol. The van der Waals surface area contributed by atoms with Gasteiger partial charge in [-0.1, -0.05) is 30.3 Å². The lowest BCUT2D eigenvalue weighted by atomic mass is 10.1. The zero-order valence-corrected chi connectivity index (χ0v) is 9.91. The molecule has 2 rings (SSSR count). The quantitative estimate of drug-likeness (QED) is 0.825. The number of rotatable bonds is 3. The molecular weight excluding hydrogens is 198 g/mol. The Hall–Kier alpha value is -1.77. The third kappa shape index (κ3) is 2.08. The van der Waals surface area contributed by atoms with E-state index in [0.29, 0.717) is 6.04 Å². The molecular formula is C13H17N3. The summed E-state index contributed by atoms with van der Waals surface area (Å²) < 4.78 is 0. The highest BCUT2D eigenvalue weighted by molar-refractivity contribution is 5.68. The number of aromatic nitrogens is 2. The Bertz CT molecular complexity index is 457. The van der Waals surface area contributed by atoms with Gasteiger partial charge in [-0.3, -0.25) is 5.10 Å². The number of benzene rings is 1. The first-order valence-electron chi connectivity index (χ1n) is 5.55. The minimum atomic E-state index is 0.394. The van der Waals surface area contributed by atoms with E-state index in [0.717, 1.165) is 11.5 Å². The normalized spacial score (nSPS) is 10.8. The van der Waals surface area contributed by atoms with E-state index in [1.54, 1.807) is 0 Å². The molecule has 0 amide bonds. The van der Waals surface area contributed by atoms with Crippen molar-refractivity contribution in [1.82, 2.24) is 10.2 Å². The SMILES string of the molecule is Cc1c(NC(C)C)n[nH]c1-c1ccccc1. The second-order valence-electron chi connectivity index (χ2n) is 4.24. The van der Waals surface area contributed by atoms with Gasteiger partial charge in [0, 0.05) is 11.6 Å². The summed E-state index contributed by atoms with van der Waals surface area (Å²) in [5, 5.41) is 10.7. The lowest BCUT2D eigenvalue weighted by Crippen LogP contribution is -2.10. The van der Waals surface area contributed by atoms with Crippen LogP contribution in [-0.4, -0.2) is 16.2 Å². The monoisotopic (exact) mass is 215 g/mol. The molecule has 0 saturated carbocycles. The maximum Gasteiger partial charge on any atom is 0.151 e.